The minimum atomic E-state index is 0.441. The number of methoxy groups -OCH3 is 1. The molecular formula is C15H24N4O2. The van der Waals surface area contributed by atoms with Gasteiger partial charge >= 0.3 is 0 Å². The fraction of sp³-hybridized carbons (Fsp3) is 0.600. The quantitative estimate of drug-likeness (QED) is 0.755. The van der Waals surface area contributed by atoms with Crippen molar-refractivity contribution in [3.05, 3.63) is 34.5 Å². The first-order chi connectivity index (χ1) is 10.2. The molecule has 0 aliphatic rings. The van der Waals surface area contributed by atoms with Crippen LogP contribution in [0.3, 0.4) is 0 Å². The van der Waals surface area contributed by atoms with E-state index in [1.54, 1.807) is 7.11 Å². The molecular weight excluding hydrogens is 268 g/mol. The summed E-state index contributed by atoms with van der Waals surface area (Å²) in [5.74, 6) is 0.735. The van der Waals surface area contributed by atoms with E-state index in [2.05, 4.69) is 29.4 Å². The highest BCUT2D eigenvalue weighted by atomic mass is 16.5. The van der Waals surface area contributed by atoms with Gasteiger partial charge in [0.25, 0.3) is 0 Å². The molecule has 0 unspecified atom stereocenters. The summed E-state index contributed by atoms with van der Waals surface area (Å²) >= 11 is 0. The molecule has 0 bridgehead atoms. The van der Waals surface area contributed by atoms with Gasteiger partial charge in [0.15, 0.2) is 5.76 Å². The Morgan fingerprint density at radius 2 is 2.19 bits per heavy atom. The molecule has 2 heterocycles. The van der Waals surface area contributed by atoms with E-state index in [1.165, 1.54) is 11.3 Å². The fourth-order valence-corrected chi connectivity index (χ4v) is 2.33. The maximum absolute atomic E-state index is 5.21. The lowest BCUT2D eigenvalue weighted by Gasteiger charge is -2.05. The molecule has 0 radical (unpaired) electrons. The molecule has 21 heavy (non-hydrogen) atoms. The molecule has 0 spiro atoms. The molecule has 0 amide bonds. The Labute approximate surface area is 125 Å². The highest BCUT2D eigenvalue weighted by Crippen LogP contribution is 2.15. The van der Waals surface area contributed by atoms with Crippen LogP contribution < -0.4 is 5.32 Å². The predicted molar refractivity (Wildman–Crippen MR) is 80.0 cm³/mol. The van der Waals surface area contributed by atoms with Gasteiger partial charge in [-0.15, -0.1) is 0 Å². The predicted octanol–water partition coefficient (Wildman–Crippen LogP) is 2.18. The zero-order chi connectivity index (χ0) is 15.2. The lowest BCUT2D eigenvalue weighted by atomic mass is 10.2. The van der Waals surface area contributed by atoms with E-state index in [-0.39, 0.29) is 0 Å². The number of hydrogen-bond acceptors (Lipinski definition) is 5. The molecule has 1 N–H and O–H groups in total. The molecule has 2 aromatic heterocycles. The van der Waals surface area contributed by atoms with Crippen LogP contribution in [0.5, 0.6) is 0 Å². The summed E-state index contributed by atoms with van der Waals surface area (Å²) in [6, 6.07) is 1.91. The van der Waals surface area contributed by atoms with E-state index in [0.29, 0.717) is 13.2 Å². The second kappa shape index (κ2) is 7.38. The van der Waals surface area contributed by atoms with Gasteiger partial charge in [0.1, 0.15) is 12.3 Å². The Kier molecular flexibility index (Phi) is 5.52. The Morgan fingerprint density at radius 1 is 1.38 bits per heavy atom. The topological polar surface area (TPSA) is 65.1 Å². The van der Waals surface area contributed by atoms with Crippen molar-refractivity contribution >= 4 is 0 Å². The van der Waals surface area contributed by atoms with Crippen molar-refractivity contribution in [3.63, 3.8) is 0 Å². The molecule has 116 valence electrons. The molecule has 0 atom stereocenters. The average Bonchev–Trinajstić information content (AvgIpc) is 2.99. The number of nitrogens with zero attached hydrogens (tertiary/aromatic N) is 3. The van der Waals surface area contributed by atoms with E-state index in [1.807, 2.05) is 17.7 Å². The van der Waals surface area contributed by atoms with Crippen LogP contribution in [0.15, 0.2) is 10.6 Å². The van der Waals surface area contributed by atoms with Gasteiger partial charge in [-0.1, -0.05) is 12.1 Å². The first-order valence-corrected chi connectivity index (χ1v) is 7.32. The molecule has 0 fully saturated rings. The first-order valence-electron chi connectivity index (χ1n) is 7.32. The third-order valence-electron chi connectivity index (χ3n) is 3.47. The number of aryl methyl sites for hydroxylation is 1. The van der Waals surface area contributed by atoms with E-state index in [0.717, 1.165) is 36.7 Å². The van der Waals surface area contributed by atoms with Crippen molar-refractivity contribution in [2.24, 2.45) is 0 Å². The van der Waals surface area contributed by atoms with Crippen molar-refractivity contribution in [1.29, 1.82) is 0 Å². The molecule has 0 saturated heterocycles. The third kappa shape index (κ3) is 3.92. The van der Waals surface area contributed by atoms with Crippen LogP contribution in [-0.4, -0.2) is 28.6 Å². The maximum Gasteiger partial charge on any atom is 0.162 e. The summed E-state index contributed by atoms with van der Waals surface area (Å²) in [4.78, 5) is 0. The van der Waals surface area contributed by atoms with Gasteiger partial charge in [-0.2, -0.15) is 5.10 Å². The van der Waals surface area contributed by atoms with Crippen LogP contribution in [0.25, 0.3) is 0 Å². The van der Waals surface area contributed by atoms with Crippen molar-refractivity contribution in [1.82, 2.24) is 20.3 Å². The lowest BCUT2D eigenvalue weighted by molar-refractivity contribution is 0.155. The molecule has 0 aromatic carbocycles. The van der Waals surface area contributed by atoms with Gasteiger partial charge < -0.3 is 14.6 Å². The summed E-state index contributed by atoms with van der Waals surface area (Å²) in [5, 5.41) is 12.1. The van der Waals surface area contributed by atoms with Crippen molar-refractivity contribution < 1.29 is 9.26 Å². The summed E-state index contributed by atoms with van der Waals surface area (Å²) < 4.78 is 12.2. The van der Waals surface area contributed by atoms with E-state index in [9.17, 15) is 0 Å². The fourth-order valence-electron chi connectivity index (χ4n) is 2.33. The first kappa shape index (κ1) is 15.7. The van der Waals surface area contributed by atoms with Gasteiger partial charge in [0, 0.05) is 31.0 Å². The Bertz CT molecular complexity index is 574. The molecule has 2 aromatic rings. The molecule has 6 nitrogen and oxygen atoms in total. The van der Waals surface area contributed by atoms with Crippen LogP contribution in [0, 0.1) is 13.8 Å². The van der Waals surface area contributed by atoms with Crippen molar-refractivity contribution in [3.8, 4) is 0 Å². The number of rotatable bonds is 8. The number of aromatic nitrogens is 3. The Hall–Kier alpha value is -1.66. The smallest absolute Gasteiger partial charge is 0.162 e. The molecule has 0 aliphatic carbocycles. The standard InChI is InChI=1S/C15H24N4O2/c1-5-6-16-8-15-11(2)17-19(12(15)3)9-13-7-14(10-20-4)21-18-13/h7,16H,5-6,8-10H2,1-4H3. The van der Waals surface area contributed by atoms with Crippen LogP contribution in [0.2, 0.25) is 0 Å². The van der Waals surface area contributed by atoms with Crippen molar-refractivity contribution in [2.45, 2.75) is 46.9 Å². The molecule has 0 aliphatic heterocycles. The maximum atomic E-state index is 5.21. The normalized spacial score (nSPS) is 11.2. The number of nitrogens with one attached hydrogen (secondary N) is 1. The van der Waals surface area contributed by atoms with Gasteiger partial charge in [-0.25, -0.2) is 0 Å². The van der Waals surface area contributed by atoms with Crippen LogP contribution in [0.1, 0.15) is 41.8 Å². The molecule has 0 saturated carbocycles. The lowest BCUT2D eigenvalue weighted by Crippen LogP contribution is -2.15. The second-order valence-corrected chi connectivity index (χ2v) is 5.20. The highest BCUT2D eigenvalue weighted by molar-refractivity contribution is 5.25. The summed E-state index contributed by atoms with van der Waals surface area (Å²) in [7, 11) is 1.64. The summed E-state index contributed by atoms with van der Waals surface area (Å²) in [6.07, 6.45) is 1.13. The summed E-state index contributed by atoms with van der Waals surface area (Å²) in [5.41, 5.74) is 4.37. The van der Waals surface area contributed by atoms with E-state index < -0.39 is 0 Å². The number of hydrogen-bond donors (Lipinski definition) is 1. The Morgan fingerprint density at radius 3 is 2.90 bits per heavy atom. The van der Waals surface area contributed by atoms with Crippen LogP contribution in [-0.2, 0) is 24.4 Å². The monoisotopic (exact) mass is 292 g/mol. The molecule has 2 rings (SSSR count). The minimum absolute atomic E-state index is 0.441. The zero-order valence-corrected chi connectivity index (χ0v) is 13.3. The minimum Gasteiger partial charge on any atom is -0.377 e. The van der Waals surface area contributed by atoms with E-state index >= 15 is 0 Å². The summed E-state index contributed by atoms with van der Waals surface area (Å²) in [6.45, 7) is 9.25. The van der Waals surface area contributed by atoms with Gasteiger partial charge in [-0.3, -0.25) is 4.68 Å². The highest BCUT2D eigenvalue weighted by Gasteiger charge is 2.13. The largest absolute Gasteiger partial charge is 0.377 e. The van der Waals surface area contributed by atoms with Crippen LogP contribution >= 0.6 is 0 Å². The van der Waals surface area contributed by atoms with Crippen molar-refractivity contribution in [2.75, 3.05) is 13.7 Å². The van der Waals surface area contributed by atoms with Gasteiger partial charge in [0.2, 0.25) is 0 Å². The van der Waals surface area contributed by atoms with Gasteiger partial charge in [-0.05, 0) is 26.8 Å². The number of ether oxygens (including phenoxy) is 1. The second-order valence-electron chi connectivity index (χ2n) is 5.20. The van der Waals surface area contributed by atoms with Crippen LogP contribution in [0.4, 0.5) is 0 Å². The third-order valence-corrected chi connectivity index (χ3v) is 3.47. The Balaban J connectivity index is 2.07. The SMILES string of the molecule is CCCNCc1c(C)nn(Cc2cc(COC)on2)c1C. The zero-order valence-electron chi connectivity index (χ0n) is 13.3. The average molecular weight is 292 g/mol. The molecule has 6 heteroatoms. The van der Waals surface area contributed by atoms with Gasteiger partial charge in [0.05, 0.1) is 12.2 Å². The van der Waals surface area contributed by atoms with E-state index in [4.69, 9.17) is 9.26 Å².